The SMILES string of the molecule is CC1(C)CN(C2CCCC2)C(=N)/C(=C\N)NC1=O. The Balaban J connectivity index is 2.31. The molecular formula is C13H22N4O. The molecule has 2 aliphatic rings. The van der Waals surface area contributed by atoms with E-state index in [1.165, 1.54) is 19.0 Å². The van der Waals surface area contributed by atoms with E-state index in [4.69, 9.17) is 11.1 Å². The number of hydrogen-bond donors (Lipinski definition) is 3. The van der Waals surface area contributed by atoms with E-state index < -0.39 is 5.41 Å². The molecule has 1 amide bonds. The Morgan fingerprint density at radius 3 is 2.61 bits per heavy atom. The van der Waals surface area contributed by atoms with Crippen LogP contribution in [0.4, 0.5) is 0 Å². The Bertz CT molecular complexity index is 394. The Hall–Kier alpha value is -1.52. The van der Waals surface area contributed by atoms with Crippen molar-refractivity contribution in [3.8, 4) is 0 Å². The van der Waals surface area contributed by atoms with Gasteiger partial charge < -0.3 is 16.0 Å². The lowest BCUT2D eigenvalue weighted by molar-refractivity contribution is -0.128. The number of rotatable bonds is 1. The molecule has 1 saturated carbocycles. The molecule has 0 radical (unpaired) electrons. The summed E-state index contributed by atoms with van der Waals surface area (Å²) in [5.41, 5.74) is 5.46. The van der Waals surface area contributed by atoms with Crippen LogP contribution >= 0.6 is 0 Å². The van der Waals surface area contributed by atoms with Crippen molar-refractivity contribution in [2.75, 3.05) is 6.54 Å². The standard InChI is InChI=1S/C13H22N4O/c1-13(2)8-17(9-5-3-4-6-9)11(15)10(7-14)16-12(13)18/h7,9,15H,3-6,8,14H2,1-2H3,(H,16,18)/b10-7+,15-11?. The summed E-state index contributed by atoms with van der Waals surface area (Å²) in [6.45, 7) is 4.41. The van der Waals surface area contributed by atoms with Gasteiger partial charge in [-0.1, -0.05) is 12.8 Å². The van der Waals surface area contributed by atoms with Crippen molar-refractivity contribution in [3.63, 3.8) is 0 Å². The van der Waals surface area contributed by atoms with Gasteiger partial charge in [0.25, 0.3) is 0 Å². The molecule has 1 aliphatic heterocycles. The molecule has 4 N–H and O–H groups in total. The minimum absolute atomic E-state index is 0.0653. The van der Waals surface area contributed by atoms with Crippen LogP contribution in [0.1, 0.15) is 39.5 Å². The van der Waals surface area contributed by atoms with Gasteiger partial charge in [0.1, 0.15) is 5.84 Å². The number of carbonyl (C=O) groups excluding carboxylic acids is 1. The third-order valence-corrected chi connectivity index (χ3v) is 3.90. The second kappa shape index (κ2) is 4.63. The second-order valence-corrected chi connectivity index (χ2v) is 5.83. The number of nitrogens with one attached hydrogen (secondary N) is 2. The highest BCUT2D eigenvalue weighted by Crippen LogP contribution is 2.30. The molecular weight excluding hydrogens is 228 g/mol. The van der Waals surface area contributed by atoms with Crippen LogP contribution in [0.25, 0.3) is 0 Å². The molecule has 2 rings (SSSR count). The number of nitrogens with two attached hydrogens (primary N) is 1. The average Bonchev–Trinajstić information content (AvgIpc) is 2.82. The summed E-state index contributed by atoms with van der Waals surface area (Å²) in [5.74, 6) is 0.285. The molecule has 0 unspecified atom stereocenters. The minimum atomic E-state index is -0.500. The molecule has 0 aromatic rings. The predicted octanol–water partition coefficient (Wildman–Crippen LogP) is 1.16. The second-order valence-electron chi connectivity index (χ2n) is 5.83. The largest absolute Gasteiger partial charge is 0.403 e. The normalized spacial score (nSPS) is 27.4. The van der Waals surface area contributed by atoms with Crippen molar-refractivity contribution < 1.29 is 4.79 Å². The summed E-state index contributed by atoms with van der Waals surface area (Å²) in [6, 6.07) is 0.374. The van der Waals surface area contributed by atoms with Gasteiger partial charge in [0.2, 0.25) is 5.91 Å². The van der Waals surface area contributed by atoms with Crippen molar-refractivity contribution in [2.24, 2.45) is 11.1 Å². The van der Waals surface area contributed by atoms with Gasteiger partial charge in [0.15, 0.2) is 0 Å². The summed E-state index contributed by atoms with van der Waals surface area (Å²) < 4.78 is 0. The average molecular weight is 250 g/mol. The van der Waals surface area contributed by atoms with E-state index >= 15 is 0 Å². The minimum Gasteiger partial charge on any atom is -0.403 e. The van der Waals surface area contributed by atoms with Crippen LogP contribution in [0.2, 0.25) is 0 Å². The monoisotopic (exact) mass is 250 g/mol. The first-order valence-corrected chi connectivity index (χ1v) is 6.54. The fraction of sp³-hybridized carbons (Fsp3) is 0.692. The molecule has 0 aromatic carbocycles. The Kier molecular flexibility index (Phi) is 3.32. The Labute approximate surface area is 108 Å². The number of amidine groups is 1. The molecule has 0 spiro atoms. The summed E-state index contributed by atoms with van der Waals surface area (Å²) in [6.07, 6.45) is 5.94. The van der Waals surface area contributed by atoms with Gasteiger partial charge >= 0.3 is 0 Å². The molecule has 2 fully saturated rings. The molecule has 0 atom stereocenters. The van der Waals surface area contributed by atoms with Gasteiger partial charge in [-0.15, -0.1) is 0 Å². The van der Waals surface area contributed by atoms with Gasteiger partial charge in [-0.05, 0) is 26.7 Å². The van der Waals surface area contributed by atoms with Crippen molar-refractivity contribution >= 4 is 11.7 Å². The maximum atomic E-state index is 12.1. The smallest absolute Gasteiger partial charge is 0.231 e. The number of hydrogen-bond acceptors (Lipinski definition) is 3. The van der Waals surface area contributed by atoms with Crippen molar-refractivity contribution in [2.45, 2.75) is 45.6 Å². The van der Waals surface area contributed by atoms with E-state index in [0.717, 1.165) is 12.8 Å². The molecule has 1 aliphatic carbocycles. The lowest BCUT2D eigenvalue weighted by Gasteiger charge is -2.33. The van der Waals surface area contributed by atoms with Crippen LogP contribution in [-0.2, 0) is 4.79 Å². The molecule has 1 saturated heterocycles. The van der Waals surface area contributed by atoms with Gasteiger partial charge in [-0.2, -0.15) is 0 Å². The fourth-order valence-electron chi connectivity index (χ4n) is 2.73. The van der Waals surface area contributed by atoms with E-state index in [-0.39, 0.29) is 5.91 Å². The molecule has 100 valence electrons. The number of carbonyl (C=O) groups is 1. The lowest BCUT2D eigenvalue weighted by Crippen LogP contribution is -2.44. The highest BCUT2D eigenvalue weighted by Gasteiger charge is 2.39. The summed E-state index contributed by atoms with van der Waals surface area (Å²) in [7, 11) is 0. The van der Waals surface area contributed by atoms with Crippen molar-refractivity contribution in [1.82, 2.24) is 10.2 Å². The predicted molar refractivity (Wildman–Crippen MR) is 70.9 cm³/mol. The van der Waals surface area contributed by atoms with Crippen LogP contribution in [0.15, 0.2) is 11.9 Å². The van der Waals surface area contributed by atoms with Crippen molar-refractivity contribution in [3.05, 3.63) is 11.9 Å². The van der Waals surface area contributed by atoms with E-state index in [1.807, 2.05) is 18.7 Å². The maximum Gasteiger partial charge on any atom is 0.231 e. The first-order valence-electron chi connectivity index (χ1n) is 6.54. The zero-order valence-corrected chi connectivity index (χ0v) is 11.1. The molecule has 5 nitrogen and oxygen atoms in total. The van der Waals surface area contributed by atoms with Crippen LogP contribution in [0.3, 0.4) is 0 Å². The van der Waals surface area contributed by atoms with E-state index in [0.29, 0.717) is 24.1 Å². The molecule has 0 bridgehead atoms. The lowest BCUT2D eigenvalue weighted by atomic mass is 9.91. The molecule has 5 heteroatoms. The van der Waals surface area contributed by atoms with Crippen LogP contribution in [0.5, 0.6) is 0 Å². The zero-order valence-electron chi connectivity index (χ0n) is 11.1. The topological polar surface area (TPSA) is 82.2 Å². The van der Waals surface area contributed by atoms with Crippen LogP contribution < -0.4 is 11.1 Å². The maximum absolute atomic E-state index is 12.1. The first kappa shape index (κ1) is 12.9. The first-order chi connectivity index (χ1) is 8.45. The molecule has 1 heterocycles. The van der Waals surface area contributed by atoms with E-state index in [2.05, 4.69) is 5.32 Å². The molecule has 18 heavy (non-hydrogen) atoms. The van der Waals surface area contributed by atoms with Gasteiger partial charge in [0.05, 0.1) is 11.1 Å². The number of amides is 1. The van der Waals surface area contributed by atoms with Crippen molar-refractivity contribution in [1.29, 1.82) is 5.41 Å². The third-order valence-electron chi connectivity index (χ3n) is 3.90. The summed E-state index contributed by atoms with van der Waals surface area (Å²) in [5, 5.41) is 11.0. The third kappa shape index (κ3) is 2.21. The Morgan fingerprint density at radius 2 is 2.06 bits per heavy atom. The van der Waals surface area contributed by atoms with Gasteiger partial charge in [0, 0.05) is 18.8 Å². The van der Waals surface area contributed by atoms with E-state index in [9.17, 15) is 4.79 Å². The zero-order chi connectivity index (χ0) is 13.3. The van der Waals surface area contributed by atoms with Crippen LogP contribution in [0, 0.1) is 10.8 Å². The van der Waals surface area contributed by atoms with Gasteiger partial charge in [-0.25, -0.2) is 0 Å². The quantitative estimate of drug-likeness (QED) is 0.653. The molecule has 0 aromatic heterocycles. The fourth-order valence-corrected chi connectivity index (χ4v) is 2.73. The van der Waals surface area contributed by atoms with Gasteiger partial charge in [-0.3, -0.25) is 10.2 Å². The summed E-state index contributed by atoms with van der Waals surface area (Å²) in [4.78, 5) is 14.1. The highest BCUT2D eigenvalue weighted by atomic mass is 16.2. The highest BCUT2D eigenvalue weighted by molar-refractivity contribution is 6.02. The van der Waals surface area contributed by atoms with E-state index in [1.54, 1.807) is 0 Å². The summed E-state index contributed by atoms with van der Waals surface area (Å²) >= 11 is 0. The van der Waals surface area contributed by atoms with Crippen LogP contribution in [-0.4, -0.2) is 29.2 Å². The number of nitrogens with zero attached hydrogens (tertiary/aromatic N) is 1. The Morgan fingerprint density at radius 1 is 1.44 bits per heavy atom.